The third-order valence-corrected chi connectivity index (χ3v) is 6.29. The highest BCUT2D eigenvalue weighted by atomic mass is 79.9. The van der Waals surface area contributed by atoms with Crippen molar-refractivity contribution >= 4 is 27.8 Å². The van der Waals surface area contributed by atoms with Gasteiger partial charge in [-0.2, -0.15) is 0 Å². The third-order valence-electron chi connectivity index (χ3n) is 5.76. The molecule has 0 bridgehead atoms. The minimum atomic E-state index is -1.18. The number of halogens is 1. The van der Waals surface area contributed by atoms with Crippen molar-refractivity contribution in [3.63, 3.8) is 0 Å². The van der Waals surface area contributed by atoms with Crippen LogP contribution in [0.4, 0.5) is 0 Å². The fourth-order valence-corrected chi connectivity index (χ4v) is 4.06. The lowest BCUT2D eigenvalue weighted by molar-refractivity contribution is 0.0692. The Bertz CT molecular complexity index is 1350. The minimum Gasteiger partial charge on any atom is -0.507 e. The molecular weight excluding hydrogens is 506 g/mol. The van der Waals surface area contributed by atoms with E-state index in [4.69, 9.17) is 0 Å². The number of hydrogen-bond acceptors (Lipinski definition) is 3. The summed E-state index contributed by atoms with van der Waals surface area (Å²) in [7, 11) is 0. The number of rotatable bonds is 7. The van der Waals surface area contributed by atoms with Gasteiger partial charge in [-0.05, 0) is 65.6 Å². The van der Waals surface area contributed by atoms with E-state index in [0.717, 1.165) is 26.7 Å². The van der Waals surface area contributed by atoms with Crippen molar-refractivity contribution in [3.05, 3.63) is 123 Å². The van der Waals surface area contributed by atoms with Crippen LogP contribution in [0.25, 0.3) is 11.1 Å². The zero-order valence-corrected chi connectivity index (χ0v) is 20.7. The van der Waals surface area contributed by atoms with Crippen LogP contribution in [0.5, 0.6) is 5.75 Å². The number of carbonyl (C=O) groups excluding carboxylic acids is 1. The van der Waals surface area contributed by atoms with Gasteiger partial charge in [0.15, 0.2) is 0 Å². The van der Waals surface area contributed by atoms with Crippen LogP contribution in [0.1, 0.15) is 37.4 Å². The molecular formula is C29H24BrNO4. The number of benzene rings is 4. The molecule has 0 unspecified atom stereocenters. The molecule has 0 spiro atoms. The summed E-state index contributed by atoms with van der Waals surface area (Å²) in [5.74, 6) is -1.51. The van der Waals surface area contributed by atoms with Gasteiger partial charge < -0.3 is 15.1 Å². The van der Waals surface area contributed by atoms with E-state index < -0.39 is 5.97 Å². The second-order valence-corrected chi connectivity index (χ2v) is 9.30. The Hall–Kier alpha value is -3.90. The molecule has 0 saturated heterocycles. The molecule has 0 heterocycles. The Balaban J connectivity index is 1.59. The van der Waals surface area contributed by atoms with Crippen LogP contribution < -0.4 is 0 Å². The molecule has 0 radical (unpaired) electrons. The van der Waals surface area contributed by atoms with Gasteiger partial charge in [0, 0.05) is 23.1 Å². The largest absolute Gasteiger partial charge is 0.507 e. The first-order valence-corrected chi connectivity index (χ1v) is 11.9. The summed E-state index contributed by atoms with van der Waals surface area (Å²) in [6, 6.07) is 27.6. The molecule has 0 aliphatic heterocycles. The van der Waals surface area contributed by atoms with Gasteiger partial charge in [-0.15, -0.1) is 0 Å². The number of aryl methyl sites for hydroxylation is 1. The van der Waals surface area contributed by atoms with Crippen molar-refractivity contribution in [2.24, 2.45) is 0 Å². The van der Waals surface area contributed by atoms with Crippen LogP contribution in [0, 0.1) is 6.92 Å². The SMILES string of the molecule is Cc1ccc(CN(Cc2ccc(-c3ccc(O)c(C(=O)O)c3)cc2)C(=O)c2ccc(Br)cc2)cc1. The third kappa shape index (κ3) is 5.97. The number of aromatic carboxylic acids is 1. The summed E-state index contributed by atoms with van der Waals surface area (Å²) in [5.41, 5.74) is 5.13. The lowest BCUT2D eigenvalue weighted by Crippen LogP contribution is -2.30. The Morgan fingerprint density at radius 1 is 0.771 bits per heavy atom. The summed E-state index contributed by atoms with van der Waals surface area (Å²) < 4.78 is 0.912. The quantitative estimate of drug-likeness (QED) is 0.280. The van der Waals surface area contributed by atoms with E-state index >= 15 is 0 Å². The van der Waals surface area contributed by atoms with Crippen molar-refractivity contribution in [2.45, 2.75) is 20.0 Å². The lowest BCUT2D eigenvalue weighted by atomic mass is 10.0. The van der Waals surface area contributed by atoms with E-state index in [0.29, 0.717) is 24.2 Å². The fraction of sp³-hybridized carbons (Fsp3) is 0.103. The summed E-state index contributed by atoms with van der Waals surface area (Å²) in [5, 5.41) is 19.0. The van der Waals surface area contributed by atoms with Crippen LogP contribution in [-0.2, 0) is 13.1 Å². The van der Waals surface area contributed by atoms with Gasteiger partial charge in [0.25, 0.3) is 5.91 Å². The molecule has 35 heavy (non-hydrogen) atoms. The number of phenols is 1. The zero-order chi connectivity index (χ0) is 24.9. The molecule has 0 aromatic heterocycles. The van der Waals surface area contributed by atoms with Gasteiger partial charge in [-0.3, -0.25) is 4.79 Å². The monoisotopic (exact) mass is 529 g/mol. The molecule has 6 heteroatoms. The molecule has 176 valence electrons. The van der Waals surface area contributed by atoms with Gasteiger partial charge in [0.1, 0.15) is 11.3 Å². The number of hydrogen-bond donors (Lipinski definition) is 2. The van der Waals surface area contributed by atoms with Crippen molar-refractivity contribution < 1.29 is 19.8 Å². The fourth-order valence-electron chi connectivity index (χ4n) is 3.80. The van der Waals surface area contributed by atoms with Gasteiger partial charge in [0.2, 0.25) is 0 Å². The van der Waals surface area contributed by atoms with Crippen LogP contribution in [-0.4, -0.2) is 27.0 Å². The maximum atomic E-state index is 13.4. The lowest BCUT2D eigenvalue weighted by Gasteiger charge is -2.23. The predicted octanol–water partition coefficient (Wildman–Crippen LogP) is 6.67. The van der Waals surface area contributed by atoms with E-state index in [2.05, 4.69) is 15.9 Å². The average molecular weight is 530 g/mol. The highest BCUT2D eigenvalue weighted by Crippen LogP contribution is 2.27. The molecule has 0 atom stereocenters. The molecule has 5 nitrogen and oxygen atoms in total. The number of carboxylic acids is 1. The van der Waals surface area contributed by atoms with E-state index in [1.54, 1.807) is 6.07 Å². The second kappa shape index (κ2) is 10.6. The van der Waals surface area contributed by atoms with E-state index in [1.165, 1.54) is 12.1 Å². The number of amides is 1. The van der Waals surface area contributed by atoms with E-state index in [-0.39, 0.29) is 17.2 Å². The summed E-state index contributed by atoms with van der Waals surface area (Å²) in [4.78, 5) is 26.5. The topological polar surface area (TPSA) is 77.8 Å². The maximum Gasteiger partial charge on any atom is 0.339 e. The number of carbonyl (C=O) groups is 2. The molecule has 0 aliphatic rings. The van der Waals surface area contributed by atoms with Gasteiger partial charge in [0.05, 0.1) is 0 Å². The average Bonchev–Trinajstić information content (AvgIpc) is 2.85. The first-order valence-electron chi connectivity index (χ1n) is 11.1. The second-order valence-electron chi connectivity index (χ2n) is 8.39. The Kier molecular flexibility index (Phi) is 7.32. The Morgan fingerprint density at radius 2 is 1.31 bits per heavy atom. The Morgan fingerprint density at radius 3 is 1.89 bits per heavy atom. The molecule has 4 aromatic rings. The van der Waals surface area contributed by atoms with Crippen LogP contribution in [0.3, 0.4) is 0 Å². The van der Waals surface area contributed by atoms with E-state index in [1.807, 2.05) is 84.6 Å². The molecule has 0 aliphatic carbocycles. The number of aromatic hydroxyl groups is 1. The van der Waals surface area contributed by atoms with Gasteiger partial charge in [-0.25, -0.2) is 4.79 Å². The number of nitrogens with zero attached hydrogens (tertiary/aromatic N) is 1. The van der Waals surface area contributed by atoms with Crippen LogP contribution in [0.15, 0.2) is 95.5 Å². The van der Waals surface area contributed by atoms with Crippen molar-refractivity contribution in [1.29, 1.82) is 0 Å². The van der Waals surface area contributed by atoms with Gasteiger partial charge >= 0.3 is 5.97 Å². The molecule has 2 N–H and O–H groups in total. The van der Waals surface area contributed by atoms with Crippen LogP contribution >= 0.6 is 15.9 Å². The molecule has 0 fully saturated rings. The standard InChI is InChI=1S/C29H24BrNO4/c1-19-2-4-20(5-3-19)17-31(28(33)23-10-13-25(30)14-11-23)18-21-6-8-22(9-7-21)24-12-15-27(32)26(16-24)29(34)35/h2-16,32H,17-18H2,1H3,(H,34,35). The first kappa shape index (κ1) is 24.2. The Labute approximate surface area is 212 Å². The summed E-state index contributed by atoms with van der Waals surface area (Å²) in [6.45, 7) is 2.92. The molecule has 4 rings (SSSR count). The summed E-state index contributed by atoms with van der Waals surface area (Å²) in [6.07, 6.45) is 0. The van der Waals surface area contributed by atoms with E-state index in [9.17, 15) is 19.8 Å². The van der Waals surface area contributed by atoms with Crippen molar-refractivity contribution in [2.75, 3.05) is 0 Å². The maximum absolute atomic E-state index is 13.4. The van der Waals surface area contributed by atoms with Gasteiger partial charge in [-0.1, -0.05) is 76.1 Å². The molecule has 0 saturated carbocycles. The molecule has 1 amide bonds. The summed E-state index contributed by atoms with van der Waals surface area (Å²) >= 11 is 3.42. The van der Waals surface area contributed by atoms with Crippen molar-refractivity contribution in [3.8, 4) is 16.9 Å². The van der Waals surface area contributed by atoms with Crippen LogP contribution in [0.2, 0.25) is 0 Å². The normalized spacial score (nSPS) is 10.7. The molecule has 4 aromatic carbocycles. The van der Waals surface area contributed by atoms with Crippen molar-refractivity contribution in [1.82, 2.24) is 4.90 Å². The first-order chi connectivity index (χ1) is 16.8. The number of carboxylic acid groups (broad SMARTS) is 1. The zero-order valence-electron chi connectivity index (χ0n) is 19.1. The predicted molar refractivity (Wildman–Crippen MR) is 139 cm³/mol. The smallest absolute Gasteiger partial charge is 0.339 e. The minimum absolute atomic E-state index is 0.0632. The highest BCUT2D eigenvalue weighted by Gasteiger charge is 2.17. The highest BCUT2D eigenvalue weighted by molar-refractivity contribution is 9.10.